The monoisotopic (exact) mass is 1380 g/mol. The fraction of sp³-hybridized carbons (Fsp3) is 0.208. The number of ether oxygens (including phenoxy) is 3. The minimum absolute atomic E-state index is 0. The molecule has 0 saturated heterocycles. The number of benzene rings is 7. The largest absolute Gasteiger partial charge is 1.00 e. The quantitative estimate of drug-likeness (QED) is 0.0224. The van der Waals surface area contributed by atoms with Crippen LogP contribution < -0.4 is 38.8 Å². The predicted octanol–water partition coefficient (Wildman–Crippen LogP) is 15.1. The number of rotatable bonds is 12. The zero-order valence-electron chi connectivity index (χ0n) is 54.9. The van der Waals surface area contributed by atoms with Gasteiger partial charge in [-0.2, -0.15) is 0 Å². The maximum absolute atomic E-state index is 10.9. The number of aromatic carboxylic acids is 2. The van der Waals surface area contributed by atoms with Crippen molar-refractivity contribution in [3.05, 3.63) is 262 Å². The number of hydrogen-bond acceptors (Lipinski definition) is 12. The van der Waals surface area contributed by atoms with Gasteiger partial charge in [-0.1, -0.05) is 164 Å². The number of aryl methyl sites for hydroxylation is 4. The third kappa shape index (κ3) is 28.8. The van der Waals surface area contributed by atoms with Gasteiger partial charge >= 0.3 is 30.8 Å². The van der Waals surface area contributed by atoms with Crippen LogP contribution in [0.2, 0.25) is 0 Å². The molecule has 0 aliphatic rings. The molecule has 0 saturated carbocycles. The van der Waals surface area contributed by atoms with E-state index in [-0.39, 0.29) is 94.9 Å². The molecule has 0 amide bonds. The maximum Gasteiger partial charge on any atom is 1.00 e. The Kier molecular flexibility index (Phi) is 41.5. The number of fused-ring (bicyclic) bond motifs is 4. The summed E-state index contributed by atoms with van der Waals surface area (Å²) in [5.41, 5.74) is 18.0. The van der Waals surface area contributed by atoms with Gasteiger partial charge in [0.2, 0.25) is 0 Å². The van der Waals surface area contributed by atoms with Crippen LogP contribution in [0.4, 0.5) is 5.69 Å². The molecule has 0 bridgehead atoms. The van der Waals surface area contributed by atoms with Crippen molar-refractivity contribution in [2.45, 2.75) is 101 Å². The topological polar surface area (TPSA) is 217 Å². The van der Waals surface area contributed by atoms with Crippen molar-refractivity contribution in [1.29, 1.82) is 0 Å². The number of anilines is 1. The van der Waals surface area contributed by atoms with E-state index in [9.17, 15) is 14.4 Å². The summed E-state index contributed by atoms with van der Waals surface area (Å²) in [6, 6.07) is 61.7. The van der Waals surface area contributed by atoms with Gasteiger partial charge in [0.1, 0.15) is 23.5 Å². The number of aliphatic hydroxyl groups is 1. The van der Waals surface area contributed by atoms with Crippen LogP contribution in [0.15, 0.2) is 206 Å². The Hall–Kier alpha value is -8.67. The molecule has 0 radical (unpaired) electrons. The third-order valence-corrected chi connectivity index (χ3v) is 13.4. The van der Waals surface area contributed by atoms with Gasteiger partial charge < -0.3 is 36.7 Å². The number of carboxylic acid groups (broad SMARTS) is 2. The number of carbonyl (C=O) groups is 3. The summed E-state index contributed by atoms with van der Waals surface area (Å²) in [7, 11) is 1.65. The smallest absolute Gasteiger partial charge is 1.00 e. The van der Waals surface area contributed by atoms with E-state index < -0.39 is 11.9 Å². The zero-order chi connectivity index (χ0) is 65.5. The normalized spacial score (nSPS) is 9.92. The molecule has 0 unspecified atom stereocenters. The number of carboxylic acids is 2. The number of methoxy groups -OCH3 is 1. The first kappa shape index (κ1) is 86.3. The number of hydrogen-bond donors (Lipinski definition) is 4. The number of allylic oxidation sites excluding steroid dienone is 2. The Morgan fingerprint density at radius 3 is 1.33 bits per heavy atom. The van der Waals surface area contributed by atoms with E-state index in [1.807, 2.05) is 152 Å². The van der Waals surface area contributed by atoms with Gasteiger partial charge in [-0.25, -0.2) is 9.59 Å². The second-order valence-electron chi connectivity index (χ2n) is 20.6. The number of aldehydes is 1. The molecule has 0 atom stereocenters. The van der Waals surface area contributed by atoms with Gasteiger partial charge in [-0.3, -0.25) is 24.7 Å². The minimum atomic E-state index is -0.988. The summed E-state index contributed by atoms with van der Waals surface area (Å²) in [4.78, 5) is 48.3. The van der Waals surface area contributed by atoms with Crippen LogP contribution in [-0.2, 0) is 16.7 Å². The van der Waals surface area contributed by atoms with Crippen molar-refractivity contribution < 1.29 is 64.2 Å². The van der Waals surface area contributed by atoms with E-state index in [1.165, 1.54) is 28.5 Å². The van der Waals surface area contributed by atoms with E-state index in [1.54, 1.807) is 50.4 Å². The van der Waals surface area contributed by atoms with Crippen molar-refractivity contribution in [1.82, 2.24) is 19.9 Å². The molecule has 0 aliphatic heterocycles. The molecule has 0 aliphatic carbocycles. The molecule has 496 valence electrons. The van der Waals surface area contributed by atoms with E-state index in [2.05, 4.69) is 109 Å². The number of halogens is 2. The number of aromatic nitrogens is 4. The molecule has 4 aromatic heterocycles. The standard InChI is InChI=1S/C21H21NO.C11H10BrN.C11H9NO2.C11H11NO.C10H14O2.C7H7NO2.C4H6O.2CH4.Al.ClH.Li.4H/c1-15(2)23-20-13-9-17(10-14-20)8-12-19-6-4-5-18-11-7-16(3)22-21(18)19;1-8-5-6-9-3-2-4-10(7-12)11(9)13-8;1-7-5-6-8-3-2-4-9(11(13)14)10(8)12-7;1-8-5-6-9-3-2-4-10(7-13)11(9)12-8;1-8(2)12-10-6-4-9(11-3)5-7-10;8-6-4-2-1-3-5(6)7(9)10;1-2-3-4-5;;;;;;;;;/h4-15H,1-3H3;2-6H,7H2,1H3;2-6H,1H3,(H,13,14);2-6,13H,7H2,1H3;4-8H,1-3H3;1-4H,8H2,(H,9,10);2-4H,1H3;2*1H4;;1H;;;;;/q;;;;;;;;;;;+1;;;;-1/b12-8+;;;;;;3-2+;;;;;;;;;. The molecule has 14 nitrogen and oxygen atoms in total. The second kappa shape index (κ2) is 45.6. The summed E-state index contributed by atoms with van der Waals surface area (Å²) < 4.78 is 16.1. The van der Waals surface area contributed by atoms with Gasteiger partial charge in [-0.05, 0) is 158 Å². The number of alkyl halides is 1. The van der Waals surface area contributed by atoms with Gasteiger partial charge in [0, 0.05) is 66.5 Å². The van der Waals surface area contributed by atoms with Crippen LogP contribution in [0, 0.1) is 27.7 Å². The molecule has 0 fully saturated rings. The first-order valence-corrected chi connectivity index (χ1v) is 30.1. The summed E-state index contributed by atoms with van der Waals surface area (Å²) in [6.45, 7) is 17.8. The molecular formula is C77H91AlBrClLiN5O9. The maximum atomic E-state index is 10.9. The summed E-state index contributed by atoms with van der Waals surface area (Å²) >= 11 is 3.46. The molecule has 5 N–H and O–H groups in total. The van der Waals surface area contributed by atoms with Gasteiger partial charge in [0.05, 0.1) is 59.1 Å². The Morgan fingerprint density at radius 1 is 0.526 bits per heavy atom. The molecule has 95 heavy (non-hydrogen) atoms. The Bertz CT molecular complexity index is 4100. The van der Waals surface area contributed by atoms with Crippen molar-refractivity contribution >= 4 is 125 Å². The molecule has 18 heteroatoms. The Labute approximate surface area is 599 Å². The van der Waals surface area contributed by atoms with Gasteiger partial charge in [0.25, 0.3) is 0 Å². The third-order valence-electron chi connectivity index (χ3n) is 12.8. The first-order chi connectivity index (χ1) is 43.3. The van der Waals surface area contributed by atoms with E-state index in [0.717, 1.165) is 95.7 Å². The number of nitrogens with two attached hydrogens (primary N) is 1. The number of carbonyl (C=O) groups excluding carboxylic acids is 1. The average molecular weight is 1380 g/mol. The number of nitrogens with zero attached hydrogens (tertiary/aromatic N) is 4. The zero-order valence-corrected chi connectivity index (χ0v) is 56.3. The van der Waals surface area contributed by atoms with E-state index >= 15 is 0 Å². The van der Waals surface area contributed by atoms with Crippen molar-refractivity contribution in [2.75, 3.05) is 12.8 Å². The number of pyridine rings is 4. The molecule has 11 aromatic rings. The van der Waals surface area contributed by atoms with Crippen LogP contribution in [0.25, 0.3) is 55.8 Å². The average Bonchev–Trinajstić information content (AvgIpc) is 0.843. The van der Waals surface area contributed by atoms with Gasteiger partial charge in [-0.15, -0.1) is 12.4 Å². The Balaban J connectivity index is 0. The van der Waals surface area contributed by atoms with Crippen LogP contribution >= 0.6 is 28.3 Å². The molecule has 11 rings (SSSR count). The molecule has 4 heterocycles. The van der Waals surface area contributed by atoms with E-state index in [0.29, 0.717) is 11.2 Å². The Morgan fingerprint density at radius 2 is 0.916 bits per heavy atom. The number of aliphatic hydroxyl groups excluding tert-OH is 1. The minimum Gasteiger partial charge on any atom is -1.00 e. The molecular weight excluding hydrogens is 1290 g/mol. The number of nitrogen functional groups attached to an aromatic ring is 1. The molecule has 0 spiro atoms. The van der Waals surface area contributed by atoms with Crippen LogP contribution in [0.1, 0.15) is 117 Å². The van der Waals surface area contributed by atoms with Gasteiger partial charge in [0.15, 0.2) is 17.4 Å². The summed E-state index contributed by atoms with van der Waals surface area (Å²) in [5, 5.41) is 31.7. The SMILES string of the molecule is C.C.C/C=C/C=O.COc1ccc(OC(C)C)cc1.Cc1ccc2cccc(/C=C/c3ccc(OC(C)C)cc3)c2n1.Cc1ccc2cccc(C(=O)O)c2n1.Cc1ccc2cccc(CBr)c2n1.Cc1ccc2cccc(CO)c2n1.Cl.Nc1ccccc1C(=O)O.[AlH3].[H-].[Li+]. The fourth-order valence-corrected chi connectivity index (χ4v) is 8.93. The second-order valence-corrected chi connectivity index (χ2v) is 21.2. The summed E-state index contributed by atoms with van der Waals surface area (Å²) in [6.07, 6.45) is 8.53. The van der Waals surface area contributed by atoms with E-state index in [4.69, 9.17) is 35.3 Å². The van der Waals surface area contributed by atoms with Crippen molar-refractivity contribution in [3.8, 4) is 17.2 Å². The summed E-state index contributed by atoms with van der Waals surface area (Å²) in [5.74, 6) is 0.711. The molecule has 7 aromatic carbocycles. The van der Waals surface area contributed by atoms with Crippen molar-refractivity contribution in [2.24, 2.45) is 0 Å². The first-order valence-electron chi connectivity index (χ1n) is 29.0. The van der Waals surface area contributed by atoms with Crippen molar-refractivity contribution in [3.63, 3.8) is 0 Å². The van der Waals surface area contributed by atoms with Crippen LogP contribution in [0.3, 0.4) is 0 Å². The number of para-hydroxylation sites is 5. The predicted molar refractivity (Wildman–Crippen MR) is 402 cm³/mol. The fourth-order valence-electron chi connectivity index (χ4n) is 8.48. The van der Waals surface area contributed by atoms with Crippen LogP contribution in [0.5, 0.6) is 17.2 Å². The van der Waals surface area contributed by atoms with Crippen LogP contribution in [-0.4, -0.2) is 90.2 Å².